The maximum absolute atomic E-state index is 9.55. The van der Waals surface area contributed by atoms with Crippen LogP contribution in [-0.2, 0) is 0 Å². The third-order valence-electron chi connectivity index (χ3n) is 2.88. The van der Waals surface area contributed by atoms with Gasteiger partial charge in [-0.05, 0) is 39.5 Å². The fourth-order valence-corrected chi connectivity index (χ4v) is 3.66. The van der Waals surface area contributed by atoms with Crippen molar-refractivity contribution in [3.8, 4) is 20.9 Å². The highest BCUT2D eigenvalue weighted by atomic mass is 32.1. The number of benzene rings is 1. The minimum absolute atomic E-state index is 0.0758. The number of thiophene rings is 2. The van der Waals surface area contributed by atoms with E-state index in [-0.39, 0.29) is 7.48 Å². The lowest BCUT2D eigenvalue weighted by molar-refractivity contribution is 0.615. The van der Waals surface area contributed by atoms with Gasteiger partial charge >= 0.3 is 7.48 Å². The topological polar surface area (TPSA) is 20.2 Å². The molecule has 1 N–H and O–H groups in total. The quantitative estimate of drug-likeness (QED) is 0.725. The normalized spacial score (nSPS) is 10.5. The van der Waals surface area contributed by atoms with Crippen molar-refractivity contribution in [1.82, 2.24) is 0 Å². The second-order valence-electron chi connectivity index (χ2n) is 3.95. The summed E-state index contributed by atoms with van der Waals surface area (Å²) in [6.45, 7) is 0. The Morgan fingerprint density at radius 1 is 0.833 bits per heavy atom. The summed E-state index contributed by atoms with van der Waals surface area (Å²) in [6, 6.07) is 14.5. The summed E-state index contributed by atoms with van der Waals surface area (Å²) in [4.78, 5) is 2.46. The summed E-state index contributed by atoms with van der Waals surface area (Å²) in [6.07, 6.45) is 0. The lowest BCUT2D eigenvalue weighted by Crippen LogP contribution is -2.16. The Hall–Kier alpha value is -1.36. The van der Waals surface area contributed by atoms with Crippen LogP contribution < -0.4 is 5.46 Å². The molecule has 4 heteroatoms. The minimum atomic E-state index is 0.0758. The van der Waals surface area contributed by atoms with Gasteiger partial charge < -0.3 is 5.02 Å². The van der Waals surface area contributed by atoms with Crippen LogP contribution in [0.3, 0.4) is 0 Å². The molecule has 0 aliphatic heterocycles. The average molecular weight is 270 g/mol. The van der Waals surface area contributed by atoms with Gasteiger partial charge in [-0.2, -0.15) is 0 Å². The third-order valence-corrected chi connectivity index (χ3v) is 4.67. The Labute approximate surface area is 115 Å². The van der Waals surface area contributed by atoms with Gasteiger partial charge in [0.2, 0.25) is 0 Å². The number of hydrogen-bond donors (Lipinski definition) is 1. The molecule has 0 unspecified atom stereocenters. The standard InChI is InChI=1S/C14H11BOS2/c16-15-11-5-1-4-10(12-6-2-8-17-12)14(11)13-7-3-9-18-13/h1-9,15-16H. The minimum Gasteiger partial charge on any atom is -0.449 e. The van der Waals surface area contributed by atoms with Gasteiger partial charge in [0.25, 0.3) is 0 Å². The summed E-state index contributed by atoms with van der Waals surface area (Å²) in [5.74, 6) is 0. The molecular formula is C14H11BOS2. The van der Waals surface area contributed by atoms with E-state index < -0.39 is 0 Å². The molecule has 88 valence electrons. The second kappa shape index (κ2) is 5.10. The number of rotatable bonds is 3. The van der Waals surface area contributed by atoms with Crippen molar-refractivity contribution in [2.75, 3.05) is 0 Å². The molecule has 0 atom stereocenters. The van der Waals surface area contributed by atoms with E-state index in [9.17, 15) is 5.02 Å². The van der Waals surface area contributed by atoms with Gasteiger partial charge in [0.1, 0.15) is 0 Å². The van der Waals surface area contributed by atoms with E-state index >= 15 is 0 Å². The van der Waals surface area contributed by atoms with E-state index in [1.54, 1.807) is 22.7 Å². The molecule has 1 nitrogen and oxygen atoms in total. The van der Waals surface area contributed by atoms with Gasteiger partial charge in [-0.25, -0.2) is 0 Å². The zero-order valence-electron chi connectivity index (χ0n) is 9.67. The summed E-state index contributed by atoms with van der Waals surface area (Å²) in [5, 5.41) is 13.7. The van der Waals surface area contributed by atoms with Crippen LogP contribution in [0.1, 0.15) is 0 Å². The van der Waals surface area contributed by atoms with Gasteiger partial charge in [-0.15, -0.1) is 22.7 Å². The van der Waals surface area contributed by atoms with Gasteiger partial charge in [-0.3, -0.25) is 0 Å². The van der Waals surface area contributed by atoms with Gasteiger partial charge in [0.05, 0.1) is 0 Å². The zero-order valence-corrected chi connectivity index (χ0v) is 11.3. The fraction of sp³-hybridized carbons (Fsp3) is 0. The maximum atomic E-state index is 9.55. The van der Waals surface area contributed by atoms with Gasteiger partial charge in [0.15, 0.2) is 0 Å². The Kier molecular flexibility index (Phi) is 3.32. The first-order valence-corrected chi connectivity index (χ1v) is 7.46. The molecule has 0 saturated carbocycles. The first kappa shape index (κ1) is 11.7. The van der Waals surface area contributed by atoms with E-state index in [1.165, 1.54) is 15.3 Å². The number of hydrogen-bond acceptors (Lipinski definition) is 3. The molecule has 0 saturated heterocycles. The highest BCUT2D eigenvalue weighted by Crippen LogP contribution is 2.35. The van der Waals surface area contributed by atoms with Crippen LogP contribution in [0.4, 0.5) is 0 Å². The van der Waals surface area contributed by atoms with E-state index in [0.717, 1.165) is 11.0 Å². The highest BCUT2D eigenvalue weighted by molar-refractivity contribution is 7.14. The highest BCUT2D eigenvalue weighted by Gasteiger charge is 2.13. The Balaban J connectivity index is 2.26. The average Bonchev–Trinajstić information content (AvgIpc) is 3.10. The van der Waals surface area contributed by atoms with Crippen molar-refractivity contribution >= 4 is 35.6 Å². The first-order valence-electron chi connectivity index (χ1n) is 5.70. The molecule has 0 aliphatic rings. The Bertz CT molecular complexity index is 630. The predicted octanol–water partition coefficient (Wildman–Crippen LogP) is 3.11. The molecule has 3 rings (SSSR count). The largest absolute Gasteiger partial charge is 0.449 e. The van der Waals surface area contributed by atoms with Crippen molar-refractivity contribution in [2.24, 2.45) is 0 Å². The van der Waals surface area contributed by atoms with Crippen molar-refractivity contribution in [3.63, 3.8) is 0 Å². The second-order valence-corrected chi connectivity index (χ2v) is 5.85. The molecule has 3 aromatic rings. The Morgan fingerprint density at radius 2 is 1.56 bits per heavy atom. The summed E-state index contributed by atoms with van der Waals surface area (Å²) < 4.78 is 0. The first-order chi connectivity index (χ1) is 8.90. The molecule has 0 bridgehead atoms. The molecule has 2 aromatic heterocycles. The van der Waals surface area contributed by atoms with E-state index in [1.807, 2.05) is 18.2 Å². The third kappa shape index (κ3) is 2.03. The summed E-state index contributed by atoms with van der Waals surface area (Å²) in [7, 11) is 0.0758. The molecule has 0 spiro atoms. The van der Waals surface area contributed by atoms with Crippen LogP contribution >= 0.6 is 22.7 Å². The summed E-state index contributed by atoms with van der Waals surface area (Å²) in [5.41, 5.74) is 3.36. The molecule has 0 fully saturated rings. The van der Waals surface area contributed by atoms with Crippen molar-refractivity contribution in [2.45, 2.75) is 0 Å². The maximum Gasteiger partial charge on any atom is 0.305 e. The van der Waals surface area contributed by atoms with Crippen LogP contribution in [0.15, 0.2) is 53.2 Å². The molecule has 0 amide bonds. The smallest absolute Gasteiger partial charge is 0.305 e. The van der Waals surface area contributed by atoms with Crippen LogP contribution in [0.2, 0.25) is 0 Å². The van der Waals surface area contributed by atoms with Crippen molar-refractivity contribution in [3.05, 3.63) is 53.2 Å². The van der Waals surface area contributed by atoms with Crippen molar-refractivity contribution in [1.29, 1.82) is 0 Å². The van der Waals surface area contributed by atoms with E-state index in [4.69, 9.17) is 0 Å². The van der Waals surface area contributed by atoms with Crippen LogP contribution in [-0.4, -0.2) is 12.5 Å². The van der Waals surface area contributed by atoms with E-state index in [0.29, 0.717) is 0 Å². The summed E-state index contributed by atoms with van der Waals surface area (Å²) >= 11 is 3.44. The van der Waals surface area contributed by atoms with Crippen LogP contribution in [0.25, 0.3) is 20.9 Å². The van der Waals surface area contributed by atoms with E-state index in [2.05, 4.69) is 35.0 Å². The Morgan fingerprint density at radius 3 is 2.17 bits per heavy atom. The fourth-order valence-electron chi connectivity index (χ4n) is 2.08. The molecule has 18 heavy (non-hydrogen) atoms. The van der Waals surface area contributed by atoms with Crippen LogP contribution in [0.5, 0.6) is 0 Å². The monoisotopic (exact) mass is 270 g/mol. The zero-order chi connectivity index (χ0) is 12.4. The lowest BCUT2D eigenvalue weighted by atomic mass is 9.81. The molecule has 0 radical (unpaired) electrons. The predicted molar refractivity (Wildman–Crippen MR) is 82.1 cm³/mol. The van der Waals surface area contributed by atoms with Gasteiger partial charge in [-0.1, -0.05) is 30.3 Å². The lowest BCUT2D eigenvalue weighted by Gasteiger charge is -2.10. The van der Waals surface area contributed by atoms with Crippen molar-refractivity contribution < 1.29 is 5.02 Å². The molecule has 1 aromatic carbocycles. The molecule has 0 aliphatic carbocycles. The van der Waals surface area contributed by atoms with Gasteiger partial charge in [0, 0.05) is 9.75 Å². The molecule has 2 heterocycles. The molecular weight excluding hydrogens is 259 g/mol. The SMILES string of the molecule is OBc1cccc(-c2cccs2)c1-c1cccs1. The van der Waals surface area contributed by atoms with Crippen LogP contribution in [0, 0.1) is 0 Å².